The SMILES string of the molecule is Cc1ccc2nc(N(CCCN(C)C)C(=O)Cc3ccc(Cl)s3)sc2c1. The van der Waals surface area contributed by atoms with Crippen LogP contribution in [0, 0.1) is 6.92 Å². The van der Waals surface area contributed by atoms with Crippen molar-refractivity contribution in [3.8, 4) is 0 Å². The fourth-order valence-electron chi connectivity index (χ4n) is 2.70. The molecule has 2 aromatic heterocycles. The van der Waals surface area contributed by atoms with Gasteiger partial charge in [-0.3, -0.25) is 9.69 Å². The van der Waals surface area contributed by atoms with Crippen LogP contribution in [-0.2, 0) is 11.2 Å². The van der Waals surface area contributed by atoms with Crippen LogP contribution in [0.25, 0.3) is 10.2 Å². The minimum atomic E-state index is 0.0676. The number of halogens is 1. The summed E-state index contributed by atoms with van der Waals surface area (Å²) in [6, 6.07) is 9.96. The van der Waals surface area contributed by atoms with E-state index >= 15 is 0 Å². The van der Waals surface area contributed by atoms with E-state index in [1.807, 2.05) is 37.2 Å². The van der Waals surface area contributed by atoms with Crippen LogP contribution >= 0.6 is 34.3 Å². The highest BCUT2D eigenvalue weighted by Crippen LogP contribution is 2.30. The Morgan fingerprint density at radius 2 is 1.96 bits per heavy atom. The molecule has 0 N–H and O–H groups in total. The Labute approximate surface area is 167 Å². The molecule has 0 bridgehead atoms. The van der Waals surface area contributed by atoms with Crippen molar-refractivity contribution in [3.05, 3.63) is 45.1 Å². The van der Waals surface area contributed by atoms with Crippen molar-refractivity contribution in [1.29, 1.82) is 0 Å². The van der Waals surface area contributed by atoms with E-state index in [0.717, 1.165) is 33.2 Å². The van der Waals surface area contributed by atoms with Crippen molar-refractivity contribution in [2.45, 2.75) is 19.8 Å². The number of fused-ring (bicyclic) bond motifs is 1. The quantitative estimate of drug-likeness (QED) is 0.561. The fourth-order valence-corrected chi connectivity index (χ4v) is 4.88. The van der Waals surface area contributed by atoms with E-state index in [-0.39, 0.29) is 5.91 Å². The number of nitrogens with zero attached hydrogens (tertiary/aromatic N) is 3. The summed E-state index contributed by atoms with van der Waals surface area (Å²) in [5.74, 6) is 0.0676. The van der Waals surface area contributed by atoms with Crippen molar-refractivity contribution < 1.29 is 4.79 Å². The minimum absolute atomic E-state index is 0.0676. The summed E-state index contributed by atoms with van der Waals surface area (Å²) in [5.41, 5.74) is 2.14. The Bertz CT molecular complexity index is 903. The number of aryl methyl sites for hydroxylation is 1. The number of rotatable bonds is 7. The van der Waals surface area contributed by atoms with Gasteiger partial charge in [-0.05, 0) is 63.8 Å². The predicted molar refractivity (Wildman–Crippen MR) is 113 cm³/mol. The van der Waals surface area contributed by atoms with Crippen molar-refractivity contribution in [2.75, 3.05) is 32.1 Å². The summed E-state index contributed by atoms with van der Waals surface area (Å²) in [6.45, 7) is 3.66. The molecule has 0 fully saturated rings. The van der Waals surface area contributed by atoms with Crippen LogP contribution in [0.15, 0.2) is 30.3 Å². The first-order chi connectivity index (χ1) is 12.4. The molecule has 7 heteroatoms. The Balaban J connectivity index is 1.84. The van der Waals surface area contributed by atoms with Crippen molar-refractivity contribution >= 4 is 55.5 Å². The monoisotopic (exact) mass is 407 g/mol. The van der Waals surface area contributed by atoms with Crippen molar-refractivity contribution in [2.24, 2.45) is 0 Å². The number of hydrogen-bond acceptors (Lipinski definition) is 5. The van der Waals surface area contributed by atoms with Crippen LogP contribution in [-0.4, -0.2) is 43.0 Å². The number of amides is 1. The van der Waals surface area contributed by atoms with E-state index < -0.39 is 0 Å². The lowest BCUT2D eigenvalue weighted by Gasteiger charge is -2.20. The molecule has 0 aliphatic carbocycles. The summed E-state index contributed by atoms with van der Waals surface area (Å²) in [7, 11) is 4.08. The van der Waals surface area contributed by atoms with Crippen LogP contribution in [0.2, 0.25) is 4.34 Å². The second kappa shape index (κ2) is 8.48. The van der Waals surface area contributed by atoms with Crippen LogP contribution in [0.1, 0.15) is 16.9 Å². The zero-order valence-corrected chi connectivity index (χ0v) is 17.5. The number of hydrogen-bond donors (Lipinski definition) is 0. The van der Waals surface area contributed by atoms with Gasteiger partial charge in [-0.2, -0.15) is 0 Å². The molecular weight excluding hydrogens is 386 g/mol. The fraction of sp³-hybridized carbons (Fsp3) is 0.368. The number of carbonyl (C=O) groups is 1. The van der Waals surface area contributed by atoms with E-state index in [2.05, 4.69) is 24.0 Å². The number of thiophene rings is 1. The predicted octanol–water partition coefficient (Wildman–Crippen LogP) is 4.85. The number of thiazole rings is 1. The molecule has 0 unspecified atom stereocenters. The molecule has 2 heterocycles. The molecule has 0 saturated carbocycles. The van der Waals surface area contributed by atoms with E-state index in [4.69, 9.17) is 16.6 Å². The Hall–Kier alpha value is -1.47. The van der Waals surface area contributed by atoms with Gasteiger partial charge in [0.05, 0.1) is 21.0 Å². The highest BCUT2D eigenvalue weighted by Gasteiger charge is 2.20. The summed E-state index contributed by atoms with van der Waals surface area (Å²) in [6.07, 6.45) is 1.26. The van der Waals surface area contributed by atoms with E-state index in [0.29, 0.717) is 17.3 Å². The molecule has 138 valence electrons. The topological polar surface area (TPSA) is 36.4 Å². The maximum atomic E-state index is 13.0. The molecule has 3 rings (SSSR count). The lowest BCUT2D eigenvalue weighted by atomic mass is 10.2. The zero-order valence-electron chi connectivity index (χ0n) is 15.2. The van der Waals surface area contributed by atoms with E-state index in [9.17, 15) is 4.79 Å². The van der Waals surface area contributed by atoms with Gasteiger partial charge in [-0.25, -0.2) is 4.98 Å². The molecule has 0 saturated heterocycles. The van der Waals surface area contributed by atoms with Crippen LogP contribution in [0.4, 0.5) is 5.13 Å². The second-order valence-corrected chi connectivity index (χ2v) is 9.36. The Kier molecular flexibility index (Phi) is 6.29. The van der Waals surface area contributed by atoms with Gasteiger partial charge in [0.1, 0.15) is 0 Å². The Morgan fingerprint density at radius 1 is 1.15 bits per heavy atom. The first kappa shape index (κ1) is 19.3. The highest BCUT2D eigenvalue weighted by atomic mass is 35.5. The van der Waals surface area contributed by atoms with Crippen LogP contribution in [0.3, 0.4) is 0 Å². The van der Waals surface area contributed by atoms with Gasteiger partial charge in [-0.15, -0.1) is 11.3 Å². The van der Waals surface area contributed by atoms with E-state index in [1.54, 1.807) is 11.3 Å². The lowest BCUT2D eigenvalue weighted by molar-refractivity contribution is -0.118. The smallest absolute Gasteiger partial charge is 0.234 e. The first-order valence-corrected chi connectivity index (χ1v) is 10.5. The summed E-state index contributed by atoms with van der Waals surface area (Å²) < 4.78 is 1.83. The van der Waals surface area contributed by atoms with Crippen LogP contribution < -0.4 is 4.90 Å². The maximum Gasteiger partial charge on any atom is 0.234 e. The van der Waals surface area contributed by atoms with Gasteiger partial charge >= 0.3 is 0 Å². The molecule has 1 amide bonds. The average Bonchev–Trinajstić information content (AvgIpc) is 3.16. The summed E-state index contributed by atoms with van der Waals surface area (Å²) in [4.78, 5) is 22.6. The third-order valence-electron chi connectivity index (χ3n) is 4.01. The van der Waals surface area contributed by atoms with Crippen LogP contribution in [0.5, 0.6) is 0 Å². The first-order valence-electron chi connectivity index (χ1n) is 8.49. The van der Waals surface area contributed by atoms with Gasteiger partial charge in [0.25, 0.3) is 0 Å². The maximum absolute atomic E-state index is 13.0. The van der Waals surface area contributed by atoms with Gasteiger partial charge < -0.3 is 4.90 Å². The van der Waals surface area contributed by atoms with Gasteiger partial charge in [0.15, 0.2) is 5.13 Å². The number of aromatic nitrogens is 1. The normalized spacial score (nSPS) is 11.4. The molecular formula is C19H22ClN3OS2. The molecule has 0 atom stereocenters. The number of carbonyl (C=O) groups excluding carboxylic acids is 1. The summed E-state index contributed by atoms with van der Waals surface area (Å²) >= 11 is 9.04. The molecule has 0 radical (unpaired) electrons. The standard InChI is InChI=1S/C19H22ClN3OS2/c1-13-5-7-15-16(11-13)26-19(21-15)23(10-4-9-22(2)3)18(24)12-14-6-8-17(20)25-14/h5-8,11H,4,9-10,12H2,1-3H3. The number of benzene rings is 1. The molecule has 0 aliphatic heterocycles. The molecule has 3 aromatic rings. The van der Waals surface area contributed by atoms with Gasteiger partial charge in [0, 0.05) is 11.4 Å². The van der Waals surface area contributed by atoms with Gasteiger partial charge in [0.2, 0.25) is 5.91 Å². The molecule has 1 aromatic carbocycles. The third-order valence-corrected chi connectivity index (χ3v) is 6.28. The Morgan fingerprint density at radius 3 is 2.65 bits per heavy atom. The highest BCUT2D eigenvalue weighted by molar-refractivity contribution is 7.22. The van der Waals surface area contributed by atoms with E-state index in [1.165, 1.54) is 16.9 Å². The number of anilines is 1. The van der Waals surface area contributed by atoms with Gasteiger partial charge in [-0.1, -0.05) is 29.0 Å². The third kappa shape index (κ3) is 4.82. The molecule has 4 nitrogen and oxygen atoms in total. The van der Waals surface area contributed by atoms with Crippen molar-refractivity contribution in [1.82, 2.24) is 9.88 Å². The zero-order chi connectivity index (χ0) is 18.7. The second-order valence-electron chi connectivity index (χ2n) is 6.55. The molecule has 0 aliphatic rings. The van der Waals surface area contributed by atoms with Crippen molar-refractivity contribution in [3.63, 3.8) is 0 Å². The molecule has 0 spiro atoms. The average molecular weight is 408 g/mol. The lowest BCUT2D eigenvalue weighted by Crippen LogP contribution is -2.34. The molecule has 26 heavy (non-hydrogen) atoms. The minimum Gasteiger partial charge on any atom is -0.309 e. The summed E-state index contributed by atoms with van der Waals surface area (Å²) in [5, 5.41) is 0.775. The largest absolute Gasteiger partial charge is 0.309 e.